The lowest BCUT2D eigenvalue weighted by Gasteiger charge is -2.30. The summed E-state index contributed by atoms with van der Waals surface area (Å²) < 4.78 is 5.40. The highest BCUT2D eigenvalue weighted by Gasteiger charge is 2.39. The second-order valence-corrected chi connectivity index (χ2v) is 6.02. The molecule has 1 aliphatic carbocycles. The van der Waals surface area contributed by atoms with E-state index in [9.17, 15) is 4.79 Å². The van der Waals surface area contributed by atoms with Crippen LogP contribution in [0, 0.1) is 0 Å². The summed E-state index contributed by atoms with van der Waals surface area (Å²) in [5.74, 6) is 0.834. The summed E-state index contributed by atoms with van der Waals surface area (Å²) in [4.78, 5) is 17.6. The van der Waals surface area contributed by atoms with Crippen molar-refractivity contribution in [2.75, 3.05) is 25.1 Å². The maximum absolute atomic E-state index is 11.0. The Labute approximate surface area is 125 Å². The van der Waals surface area contributed by atoms with Crippen molar-refractivity contribution < 1.29 is 9.53 Å². The number of hydrogen-bond donors (Lipinski definition) is 0. The zero-order chi connectivity index (χ0) is 14.7. The molecule has 0 radical (unpaired) electrons. The van der Waals surface area contributed by atoms with Crippen molar-refractivity contribution in [3.8, 4) is 5.75 Å². The molecule has 4 nitrogen and oxygen atoms in total. The second-order valence-electron chi connectivity index (χ2n) is 6.02. The van der Waals surface area contributed by atoms with Gasteiger partial charge in [-0.15, -0.1) is 0 Å². The molecular formula is C17H22N2O2. The van der Waals surface area contributed by atoms with E-state index in [4.69, 9.17) is 4.74 Å². The fraction of sp³-hybridized carbons (Fsp3) is 0.588. The molecule has 0 amide bonds. The number of aliphatic imine (C=N–C) groups is 1. The van der Waals surface area contributed by atoms with Gasteiger partial charge in [-0.1, -0.05) is 12.8 Å². The molecule has 0 spiro atoms. The molecule has 1 saturated carbocycles. The minimum atomic E-state index is -0.395. The van der Waals surface area contributed by atoms with Crippen molar-refractivity contribution in [2.45, 2.75) is 44.1 Å². The largest absolute Gasteiger partial charge is 0.497 e. The summed E-state index contributed by atoms with van der Waals surface area (Å²) in [5, 5.41) is 0. The molecule has 1 heterocycles. The Kier molecular flexibility index (Phi) is 3.98. The normalized spacial score (nSPS) is 20.3. The van der Waals surface area contributed by atoms with Gasteiger partial charge in [0.15, 0.2) is 0 Å². The van der Waals surface area contributed by atoms with Gasteiger partial charge in [0.25, 0.3) is 0 Å². The zero-order valence-electron chi connectivity index (χ0n) is 12.6. The molecule has 1 saturated heterocycles. The number of ether oxygens (including phenoxy) is 1. The van der Waals surface area contributed by atoms with Crippen LogP contribution < -0.4 is 9.64 Å². The smallest absolute Gasteiger partial charge is 0.235 e. The first-order chi connectivity index (χ1) is 10.3. The third-order valence-corrected chi connectivity index (χ3v) is 4.84. The van der Waals surface area contributed by atoms with Crippen molar-refractivity contribution in [1.82, 2.24) is 0 Å². The number of methoxy groups -OCH3 is 1. The Hall–Kier alpha value is -1.80. The lowest BCUT2D eigenvalue weighted by atomic mass is 9.87. The van der Waals surface area contributed by atoms with E-state index in [0.717, 1.165) is 50.1 Å². The van der Waals surface area contributed by atoms with Crippen LogP contribution >= 0.6 is 0 Å². The molecule has 3 rings (SSSR count). The first-order valence-electron chi connectivity index (χ1n) is 7.81. The van der Waals surface area contributed by atoms with E-state index in [1.165, 1.54) is 18.5 Å². The first-order valence-corrected chi connectivity index (χ1v) is 7.81. The van der Waals surface area contributed by atoms with Gasteiger partial charge in [0.2, 0.25) is 6.08 Å². The minimum Gasteiger partial charge on any atom is -0.497 e. The van der Waals surface area contributed by atoms with Gasteiger partial charge in [0, 0.05) is 24.3 Å². The summed E-state index contributed by atoms with van der Waals surface area (Å²) in [6.07, 6.45) is 8.36. The van der Waals surface area contributed by atoms with Gasteiger partial charge in [-0.3, -0.25) is 0 Å². The van der Waals surface area contributed by atoms with E-state index in [-0.39, 0.29) is 0 Å². The number of anilines is 1. The number of carbonyl (C=O) groups excluding carboxylic acids is 1. The minimum absolute atomic E-state index is 0.395. The molecule has 0 aromatic heterocycles. The second kappa shape index (κ2) is 5.90. The summed E-state index contributed by atoms with van der Waals surface area (Å²) >= 11 is 0. The fourth-order valence-electron chi connectivity index (χ4n) is 3.74. The van der Waals surface area contributed by atoms with Crippen LogP contribution in [0.15, 0.2) is 23.2 Å². The van der Waals surface area contributed by atoms with Gasteiger partial charge in [0.05, 0.1) is 7.11 Å². The Bertz CT molecular complexity index is 552. The average molecular weight is 286 g/mol. The fourth-order valence-corrected chi connectivity index (χ4v) is 3.74. The molecular weight excluding hydrogens is 264 g/mol. The van der Waals surface area contributed by atoms with Crippen LogP contribution in [-0.4, -0.2) is 26.3 Å². The summed E-state index contributed by atoms with van der Waals surface area (Å²) in [6.45, 7) is 2.17. The molecule has 2 aliphatic rings. The van der Waals surface area contributed by atoms with Gasteiger partial charge in [-0.2, -0.15) is 4.99 Å². The number of hydrogen-bond acceptors (Lipinski definition) is 4. The first kappa shape index (κ1) is 14.2. The molecule has 2 fully saturated rings. The van der Waals surface area contributed by atoms with Crippen molar-refractivity contribution in [1.29, 1.82) is 0 Å². The maximum Gasteiger partial charge on any atom is 0.235 e. The third-order valence-electron chi connectivity index (χ3n) is 4.84. The van der Waals surface area contributed by atoms with Gasteiger partial charge < -0.3 is 9.64 Å². The highest BCUT2D eigenvalue weighted by atomic mass is 16.5. The third kappa shape index (κ3) is 2.56. The van der Waals surface area contributed by atoms with Crippen LogP contribution in [0.5, 0.6) is 5.75 Å². The van der Waals surface area contributed by atoms with Crippen LogP contribution in [-0.2, 0) is 10.3 Å². The molecule has 1 aromatic rings. The van der Waals surface area contributed by atoms with Crippen LogP contribution in [0.4, 0.5) is 5.69 Å². The topological polar surface area (TPSA) is 41.9 Å². The van der Waals surface area contributed by atoms with Gasteiger partial charge in [-0.05, 0) is 43.9 Å². The molecule has 4 heteroatoms. The van der Waals surface area contributed by atoms with Crippen LogP contribution in [0.2, 0.25) is 0 Å². The molecule has 1 aliphatic heterocycles. The Balaban J connectivity index is 2.10. The molecule has 0 atom stereocenters. The lowest BCUT2D eigenvalue weighted by molar-refractivity contribution is 0.408. The maximum atomic E-state index is 11.0. The highest BCUT2D eigenvalue weighted by molar-refractivity contribution is 5.61. The predicted molar refractivity (Wildman–Crippen MR) is 82.7 cm³/mol. The highest BCUT2D eigenvalue weighted by Crippen LogP contribution is 2.47. The van der Waals surface area contributed by atoms with Crippen LogP contribution in [0.3, 0.4) is 0 Å². The Morgan fingerprint density at radius 2 is 1.90 bits per heavy atom. The molecule has 0 bridgehead atoms. The monoisotopic (exact) mass is 286 g/mol. The van der Waals surface area contributed by atoms with E-state index in [2.05, 4.69) is 22.0 Å². The molecule has 21 heavy (non-hydrogen) atoms. The zero-order valence-corrected chi connectivity index (χ0v) is 12.6. The number of nitrogens with zero attached hydrogens (tertiary/aromatic N) is 2. The number of benzene rings is 1. The summed E-state index contributed by atoms with van der Waals surface area (Å²) in [6, 6.07) is 6.20. The van der Waals surface area contributed by atoms with Crippen molar-refractivity contribution in [3.05, 3.63) is 23.8 Å². The molecule has 112 valence electrons. The molecule has 0 N–H and O–H groups in total. The van der Waals surface area contributed by atoms with Crippen LogP contribution in [0.1, 0.15) is 44.1 Å². The van der Waals surface area contributed by atoms with Gasteiger partial charge in [0.1, 0.15) is 11.3 Å². The summed E-state index contributed by atoms with van der Waals surface area (Å²) in [5.41, 5.74) is 1.97. The Morgan fingerprint density at radius 1 is 1.19 bits per heavy atom. The van der Waals surface area contributed by atoms with E-state index in [1.807, 2.05) is 12.1 Å². The van der Waals surface area contributed by atoms with Crippen molar-refractivity contribution >= 4 is 11.8 Å². The Morgan fingerprint density at radius 3 is 2.52 bits per heavy atom. The number of isocyanates is 1. The lowest BCUT2D eigenvalue weighted by Crippen LogP contribution is -2.26. The number of rotatable bonds is 4. The van der Waals surface area contributed by atoms with Gasteiger partial charge >= 0.3 is 0 Å². The van der Waals surface area contributed by atoms with E-state index < -0.39 is 5.54 Å². The van der Waals surface area contributed by atoms with Crippen molar-refractivity contribution in [2.24, 2.45) is 4.99 Å². The SMILES string of the molecule is COc1ccc(N2CCCC2)c(C2(N=C=O)CCCC2)c1. The standard InChI is InChI=1S/C17H22N2O2/c1-21-14-6-7-16(19-10-4-5-11-19)15(12-14)17(18-13-20)8-2-3-9-17/h6-7,12H,2-5,8-11H2,1H3. The van der Waals surface area contributed by atoms with E-state index in [1.54, 1.807) is 7.11 Å². The predicted octanol–water partition coefficient (Wildman–Crippen LogP) is 3.40. The van der Waals surface area contributed by atoms with E-state index in [0.29, 0.717) is 0 Å². The van der Waals surface area contributed by atoms with Crippen LogP contribution in [0.25, 0.3) is 0 Å². The quantitative estimate of drug-likeness (QED) is 0.629. The molecule has 0 unspecified atom stereocenters. The van der Waals surface area contributed by atoms with Gasteiger partial charge in [-0.25, -0.2) is 4.79 Å². The average Bonchev–Trinajstić information content (AvgIpc) is 3.19. The molecule has 1 aromatic carbocycles. The van der Waals surface area contributed by atoms with Crippen molar-refractivity contribution in [3.63, 3.8) is 0 Å². The van der Waals surface area contributed by atoms with E-state index >= 15 is 0 Å². The summed E-state index contributed by atoms with van der Waals surface area (Å²) in [7, 11) is 1.68.